The summed E-state index contributed by atoms with van der Waals surface area (Å²) in [6.07, 6.45) is 1.66. The fourth-order valence-electron chi connectivity index (χ4n) is 1.68. The average Bonchev–Trinajstić information content (AvgIpc) is 2.80. The van der Waals surface area contributed by atoms with Crippen LogP contribution in [-0.4, -0.2) is 25.3 Å². The zero-order valence-electron chi connectivity index (χ0n) is 8.55. The summed E-state index contributed by atoms with van der Waals surface area (Å²) >= 11 is 3.26. The number of H-pyrrole nitrogens is 1. The van der Waals surface area contributed by atoms with Gasteiger partial charge in [0.1, 0.15) is 11.4 Å². The first-order chi connectivity index (χ1) is 8.24. The van der Waals surface area contributed by atoms with Crippen LogP contribution in [0.15, 0.2) is 35.2 Å². The molecule has 3 rings (SSSR count). The molecule has 0 amide bonds. The largest absolute Gasteiger partial charge is 0.508 e. The normalized spacial score (nSPS) is 10.9. The van der Waals surface area contributed by atoms with Crippen LogP contribution in [0.4, 0.5) is 0 Å². The van der Waals surface area contributed by atoms with E-state index < -0.39 is 0 Å². The molecule has 17 heavy (non-hydrogen) atoms. The topological polar surface area (TPSA) is 74.7 Å². The fourth-order valence-corrected chi connectivity index (χ4v) is 2.05. The van der Waals surface area contributed by atoms with E-state index in [4.69, 9.17) is 0 Å². The maximum atomic E-state index is 9.45. The van der Waals surface area contributed by atoms with Crippen LogP contribution in [0.5, 0.6) is 5.75 Å². The summed E-state index contributed by atoms with van der Waals surface area (Å²) < 4.78 is 0.472. The van der Waals surface area contributed by atoms with Crippen molar-refractivity contribution in [1.29, 1.82) is 0 Å². The van der Waals surface area contributed by atoms with E-state index in [0.717, 1.165) is 16.8 Å². The third-order valence-corrected chi connectivity index (χ3v) is 2.76. The van der Waals surface area contributed by atoms with Gasteiger partial charge in [-0.15, -0.1) is 0 Å². The Bertz CT molecular complexity index is 676. The van der Waals surface area contributed by atoms with Crippen LogP contribution >= 0.6 is 15.9 Å². The Morgan fingerprint density at radius 3 is 2.82 bits per heavy atom. The number of phenolic OH excluding ortho intramolecular Hbond substituents is 1. The SMILES string of the molecule is Oc1ccc2c(-c3ccn[nH]3)nc(Br)nc2c1. The zero-order valence-corrected chi connectivity index (χ0v) is 10.1. The first kappa shape index (κ1) is 10.2. The molecular formula is C11H7BrN4O. The van der Waals surface area contributed by atoms with Crippen molar-refractivity contribution in [1.82, 2.24) is 20.2 Å². The van der Waals surface area contributed by atoms with Gasteiger partial charge in [0.2, 0.25) is 0 Å². The van der Waals surface area contributed by atoms with E-state index >= 15 is 0 Å². The summed E-state index contributed by atoms with van der Waals surface area (Å²) in [5.41, 5.74) is 2.24. The number of aromatic hydroxyl groups is 1. The molecule has 2 N–H and O–H groups in total. The monoisotopic (exact) mass is 290 g/mol. The molecule has 2 heterocycles. The molecule has 0 fully saturated rings. The molecule has 1 aromatic carbocycles. The second-order valence-electron chi connectivity index (χ2n) is 3.51. The van der Waals surface area contributed by atoms with Gasteiger partial charge < -0.3 is 5.11 Å². The van der Waals surface area contributed by atoms with Crippen molar-refractivity contribution in [3.05, 3.63) is 35.2 Å². The number of phenols is 1. The van der Waals surface area contributed by atoms with Gasteiger partial charge >= 0.3 is 0 Å². The lowest BCUT2D eigenvalue weighted by Gasteiger charge is -2.04. The summed E-state index contributed by atoms with van der Waals surface area (Å²) in [6.45, 7) is 0. The first-order valence-corrected chi connectivity index (χ1v) is 5.69. The molecule has 0 saturated carbocycles. The number of aromatic amines is 1. The van der Waals surface area contributed by atoms with Crippen molar-refractivity contribution in [3.63, 3.8) is 0 Å². The summed E-state index contributed by atoms with van der Waals surface area (Å²) in [7, 11) is 0. The van der Waals surface area contributed by atoms with Gasteiger partial charge in [-0.25, -0.2) is 9.97 Å². The molecule has 0 aliphatic rings. The Labute approximate surface area is 105 Å². The van der Waals surface area contributed by atoms with Gasteiger partial charge in [0, 0.05) is 17.6 Å². The van der Waals surface area contributed by atoms with Gasteiger partial charge in [-0.1, -0.05) is 0 Å². The molecule has 5 nitrogen and oxygen atoms in total. The Hall–Kier alpha value is -1.95. The number of nitrogens with one attached hydrogen (secondary N) is 1. The van der Waals surface area contributed by atoms with Crippen molar-refractivity contribution in [2.24, 2.45) is 0 Å². The highest BCUT2D eigenvalue weighted by molar-refractivity contribution is 9.10. The highest BCUT2D eigenvalue weighted by Gasteiger charge is 2.10. The number of halogens is 1. The van der Waals surface area contributed by atoms with E-state index in [0.29, 0.717) is 10.3 Å². The predicted octanol–water partition coefficient (Wildman–Crippen LogP) is 2.49. The number of rotatable bonds is 1. The summed E-state index contributed by atoms with van der Waals surface area (Å²) in [5, 5.41) is 17.1. The van der Waals surface area contributed by atoms with Gasteiger partial charge in [0.05, 0.1) is 11.2 Å². The zero-order chi connectivity index (χ0) is 11.8. The molecule has 0 radical (unpaired) electrons. The molecule has 0 unspecified atom stereocenters. The lowest BCUT2D eigenvalue weighted by molar-refractivity contribution is 0.476. The minimum Gasteiger partial charge on any atom is -0.508 e. The first-order valence-electron chi connectivity index (χ1n) is 4.90. The van der Waals surface area contributed by atoms with Gasteiger partial charge in [0.15, 0.2) is 4.73 Å². The number of nitrogens with zero attached hydrogens (tertiary/aromatic N) is 3. The highest BCUT2D eigenvalue weighted by atomic mass is 79.9. The molecule has 2 aromatic heterocycles. The van der Waals surface area contributed by atoms with E-state index in [1.165, 1.54) is 0 Å². The van der Waals surface area contributed by atoms with Crippen LogP contribution in [0.25, 0.3) is 22.3 Å². The standard InChI is InChI=1S/C11H7BrN4O/c12-11-14-9-5-6(17)1-2-7(9)10(15-11)8-3-4-13-16-8/h1-5,17H,(H,13,16). The second kappa shape index (κ2) is 3.81. The molecule has 0 saturated heterocycles. The van der Waals surface area contributed by atoms with Crippen LogP contribution < -0.4 is 0 Å². The van der Waals surface area contributed by atoms with E-state index in [1.807, 2.05) is 6.07 Å². The van der Waals surface area contributed by atoms with E-state index in [1.54, 1.807) is 24.4 Å². The Morgan fingerprint density at radius 1 is 1.18 bits per heavy atom. The summed E-state index contributed by atoms with van der Waals surface area (Å²) in [5.74, 6) is 0.179. The second-order valence-corrected chi connectivity index (χ2v) is 4.22. The number of hydrogen-bond donors (Lipinski definition) is 2. The molecule has 0 aliphatic carbocycles. The van der Waals surface area contributed by atoms with Crippen LogP contribution in [-0.2, 0) is 0 Å². The molecule has 0 spiro atoms. The Balaban J connectivity index is 2.38. The molecule has 0 atom stereocenters. The summed E-state index contributed by atoms with van der Waals surface area (Å²) in [4.78, 5) is 8.54. The van der Waals surface area contributed by atoms with Gasteiger partial charge in [-0.2, -0.15) is 5.10 Å². The third kappa shape index (κ3) is 1.76. The lowest BCUT2D eigenvalue weighted by atomic mass is 10.1. The molecule has 84 valence electrons. The summed E-state index contributed by atoms with van der Waals surface area (Å²) in [6, 6.07) is 6.83. The number of fused-ring (bicyclic) bond motifs is 1. The molecule has 6 heteroatoms. The van der Waals surface area contributed by atoms with E-state index in [-0.39, 0.29) is 5.75 Å². The maximum absolute atomic E-state index is 9.45. The fraction of sp³-hybridized carbons (Fsp3) is 0. The van der Waals surface area contributed by atoms with Crippen LogP contribution in [0.3, 0.4) is 0 Å². The Morgan fingerprint density at radius 2 is 2.06 bits per heavy atom. The van der Waals surface area contributed by atoms with Gasteiger partial charge in [0.25, 0.3) is 0 Å². The van der Waals surface area contributed by atoms with Crippen LogP contribution in [0.1, 0.15) is 0 Å². The predicted molar refractivity (Wildman–Crippen MR) is 66.5 cm³/mol. The van der Waals surface area contributed by atoms with E-state index in [2.05, 4.69) is 36.1 Å². The van der Waals surface area contributed by atoms with Crippen LogP contribution in [0.2, 0.25) is 0 Å². The average molecular weight is 291 g/mol. The number of benzene rings is 1. The van der Waals surface area contributed by atoms with Crippen molar-refractivity contribution in [2.75, 3.05) is 0 Å². The Kier molecular flexibility index (Phi) is 2.29. The number of aromatic nitrogens is 4. The minimum absolute atomic E-state index is 0.179. The van der Waals surface area contributed by atoms with E-state index in [9.17, 15) is 5.11 Å². The third-order valence-electron chi connectivity index (χ3n) is 2.41. The van der Waals surface area contributed by atoms with Crippen molar-refractivity contribution in [2.45, 2.75) is 0 Å². The maximum Gasteiger partial charge on any atom is 0.197 e. The quantitative estimate of drug-likeness (QED) is 0.675. The van der Waals surface area contributed by atoms with Crippen molar-refractivity contribution in [3.8, 4) is 17.1 Å². The highest BCUT2D eigenvalue weighted by Crippen LogP contribution is 2.27. The minimum atomic E-state index is 0.179. The molecule has 3 aromatic rings. The lowest BCUT2D eigenvalue weighted by Crippen LogP contribution is -1.91. The van der Waals surface area contributed by atoms with Crippen molar-refractivity contribution < 1.29 is 5.11 Å². The smallest absolute Gasteiger partial charge is 0.197 e. The van der Waals surface area contributed by atoms with Crippen molar-refractivity contribution >= 4 is 26.8 Å². The molecule has 0 bridgehead atoms. The van der Waals surface area contributed by atoms with Gasteiger partial charge in [-0.3, -0.25) is 5.10 Å². The van der Waals surface area contributed by atoms with Gasteiger partial charge in [-0.05, 0) is 34.1 Å². The molecule has 0 aliphatic heterocycles. The number of hydrogen-bond acceptors (Lipinski definition) is 4. The van der Waals surface area contributed by atoms with Crippen LogP contribution in [0, 0.1) is 0 Å². The molecular weight excluding hydrogens is 284 g/mol.